The Bertz CT molecular complexity index is 413. The highest BCUT2D eigenvalue weighted by Crippen LogP contribution is 2.30. The van der Waals surface area contributed by atoms with Gasteiger partial charge in [-0.2, -0.15) is 0 Å². The van der Waals surface area contributed by atoms with Gasteiger partial charge < -0.3 is 14.6 Å². The minimum atomic E-state index is -0.765. The number of hydrogen-bond donors (Lipinski definition) is 1. The Morgan fingerprint density at radius 3 is 2.33 bits per heavy atom. The first-order valence-electron chi connectivity index (χ1n) is 6.04. The van der Waals surface area contributed by atoms with Crippen LogP contribution in [-0.4, -0.2) is 24.8 Å². The smallest absolute Gasteiger partial charge is 0.303 e. The van der Waals surface area contributed by atoms with Gasteiger partial charge in [0, 0.05) is 6.42 Å². The van der Waals surface area contributed by atoms with Crippen LogP contribution in [0.4, 0.5) is 0 Å². The second kappa shape index (κ2) is 6.89. The van der Waals surface area contributed by atoms with E-state index in [1.807, 2.05) is 26.0 Å². The van der Waals surface area contributed by atoms with Gasteiger partial charge in [-0.1, -0.05) is 0 Å². The van der Waals surface area contributed by atoms with E-state index in [2.05, 4.69) is 0 Å². The number of ether oxygens (including phenoxy) is 2. The molecule has 0 fully saturated rings. The van der Waals surface area contributed by atoms with E-state index in [0.29, 0.717) is 13.0 Å². The molecule has 0 saturated carbocycles. The number of aryl methyl sites for hydroxylation is 2. The topological polar surface area (TPSA) is 55.8 Å². The van der Waals surface area contributed by atoms with Gasteiger partial charge >= 0.3 is 5.97 Å². The van der Waals surface area contributed by atoms with Crippen LogP contribution in [0.15, 0.2) is 12.1 Å². The summed E-state index contributed by atoms with van der Waals surface area (Å²) in [7, 11) is 1.61. The summed E-state index contributed by atoms with van der Waals surface area (Å²) in [4.78, 5) is 10.4. The predicted octanol–water partition coefficient (Wildman–Crippen LogP) is 2.95. The molecule has 4 nitrogen and oxygen atoms in total. The van der Waals surface area contributed by atoms with Gasteiger partial charge in [0.2, 0.25) is 0 Å². The lowest BCUT2D eigenvalue weighted by atomic mass is 10.1. The molecule has 0 aliphatic heterocycles. The van der Waals surface area contributed by atoms with Crippen molar-refractivity contribution in [2.45, 2.75) is 33.1 Å². The average Bonchev–Trinajstić information content (AvgIpc) is 2.32. The highest BCUT2D eigenvalue weighted by Gasteiger charge is 2.07. The summed E-state index contributed by atoms with van der Waals surface area (Å²) in [6.07, 6.45) is 1.54. The van der Waals surface area contributed by atoms with E-state index < -0.39 is 5.97 Å². The molecule has 0 saturated heterocycles. The molecular formula is C14H20O4. The van der Waals surface area contributed by atoms with Gasteiger partial charge in [0.05, 0.1) is 13.7 Å². The largest absolute Gasteiger partial charge is 0.493 e. The van der Waals surface area contributed by atoms with Gasteiger partial charge in [-0.05, 0) is 49.9 Å². The molecule has 0 amide bonds. The zero-order valence-corrected chi connectivity index (χ0v) is 11.2. The van der Waals surface area contributed by atoms with E-state index in [0.717, 1.165) is 29.0 Å². The van der Waals surface area contributed by atoms with Gasteiger partial charge in [-0.15, -0.1) is 0 Å². The third-order valence-electron chi connectivity index (χ3n) is 2.82. The Labute approximate surface area is 108 Å². The molecule has 1 aromatic rings. The fourth-order valence-electron chi connectivity index (χ4n) is 1.60. The normalized spacial score (nSPS) is 10.2. The second-order valence-electron chi connectivity index (χ2n) is 4.29. The quantitative estimate of drug-likeness (QED) is 0.758. The van der Waals surface area contributed by atoms with Crippen LogP contribution in [0.3, 0.4) is 0 Å². The molecule has 0 spiro atoms. The molecule has 1 rings (SSSR count). The maximum atomic E-state index is 10.4. The van der Waals surface area contributed by atoms with Crippen molar-refractivity contribution in [2.24, 2.45) is 0 Å². The number of carbonyl (C=O) groups is 1. The van der Waals surface area contributed by atoms with E-state index in [1.54, 1.807) is 7.11 Å². The minimum Gasteiger partial charge on any atom is -0.493 e. The number of aliphatic carboxylic acids is 1. The van der Waals surface area contributed by atoms with Crippen LogP contribution < -0.4 is 9.47 Å². The lowest BCUT2D eigenvalue weighted by Crippen LogP contribution is -2.02. The van der Waals surface area contributed by atoms with E-state index in [1.165, 1.54) is 0 Å². The van der Waals surface area contributed by atoms with Crippen molar-refractivity contribution in [3.05, 3.63) is 23.3 Å². The first-order chi connectivity index (χ1) is 8.54. The number of carboxylic acids is 1. The molecule has 0 atom stereocenters. The summed E-state index contributed by atoms with van der Waals surface area (Å²) in [5, 5.41) is 8.52. The van der Waals surface area contributed by atoms with Crippen molar-refractivity contribution in [3.63, 3.8) is 0 Å². The summed E-state index contributed by atoms with van der Waals surface area (Å²) >= 11 is 0. The van der Waals surface area contributed by atoms with Crippen LogP contribution in [0.5, 0.6) is 11.5 Å². The summed E-state index contributed by atoms with van der Waals surface area (Å²) < 4.78 is 10.9. The molecule has 0 radical (unpaired) electrons. The van der Waals surface area contributed by atoms with Crippen LogP contribution in [0.25, 0.3) is 0 Å². The molecular weight excluding hydrogens is 232 g/mol. The van der Waals surface area contributed by atoms with Gasteiger partial charge in [0.15, 0.2) is 11.5 Å². The Morgan fingerprint density at radius 1 is 1.17 bits per heavy atom. The van der Waals surface area contributed by atoms with Crippen molar-refractivity contribution in [1.29, 1.82) is 0 Å². The van der Waals surface area contributed by atoms with Crippen molar-refractivity contribution >= 4 is 5.97 Å². The molecule has 0 aliphatic rings. The number of hydrogen-bond acceptors (Lipinski definition) is 3. The number of methoxy groups -OCH3 is 1. The summed E-state index contributed by atoms with van der Waals surface area (Å²) in [5.74, 6) is 0.672. The van der Waals surface area contributed by atoms with Crippen LogP contribution in [0, 0.1) is 13.8 Å². The fourth-order valence-corrected chi connectivity index (χ4v) is 1.60. The first-order valence-corrected chi connectivity index (χ1v) is 6.04. The Balaban J connectivity index is 2.51. The number of rotatable bonds is 7. The highest BCUT2D eigenvalue weighted by molar-refractivity contribution is 5.66. The monoisotopic (exact) mass is 252 g/mol. The molecule has 0 aliphatic carbocycles. The third kappa shape index (κ3) is 4.28. The Kier molecular flexibility index (Phi) is 5.49. The van der Waals surface area contributed by atoms with E-state index in [9.17, 15) is 4.79 Å². The van der Waals surface area contributed by atoms with Crippen molar-refractivity contribution in [3.8, 4) is 11.5 Å². The molecule has 18 heavy (non-hydrogen) atoms. The van der Waals surface area contributed by atoms with Gasteiger partial charge in [0.1, 0.15) is 0 Å². The van der Waals surface area contributed by atoms with Crippen molar-refractivity contribution in [2.75, 3.05) is 13.7 Å². The molecule has 0 heterocycles. The average molecular weight is 252 g/mol. The number of unbranched alkanes of at least 4 members (excludes halogenated alkanes) is 1. The zero-order chi connectivity index (χ0) is 13.5. The maximum Gasteiger partial charge on any atom is 0.303 e. The summed E-state index contributed by atoms with van der Waals surface area (Å²) in [6, 6.07) is 3.90. The predicted molar refractivity (Wildman–Crippen MR) is 69.4 cm³/mol. The lowest BCUT2D eigenvalue weighted by molar-refractivity contribution is -0.137. The Morgan fingerprint density at radius 2 is 1.78 bits per heavy atom. The molecule has 1 N–H and O–H groups in total. The number of carboxylic acid groups (broad SMARTS) is 1. The van der Waals surface area contributed by atoms with Gasteiger partial charge in [0.25, 0.3) is 0 Å². The third-order valence-corrected chi connectivity index (χ3v) is 2.82. The summed E-state index contributed by atoms with van der Waals surface area (Å²) in [6.45, 7) is 4.55. The SMILES string of the molecule is COc1cc(C)c(C)cc1OCCCCC(=O)O. The fraction of sp³-hybridized carbons (Fsp3) is 0.500. The van der Waals surface area contributed by atoms with Crippen LogP contribution >= 0.6 is 0 Å². The van der Waals surface area contributed by atoms with Crippen LogP contribution in [0.2, 0.25) is 0 Å². The first kappa shape index (κ1) is 14.4. The highest BCUT2D eigenvalue weighted by atomic mass is 16.5. The summed E-state index contributed by atoms with van der Waals surface area (Å²) in [5.41, 5.74) is 2.31. The second-order valence-corrected chi connectivity index (χ2v) is 4.29. The van der Waals surface area contributed by atoms with Crippen molar-refractivity contribution in [1.82, 2.24) is 0 Å². The van der Waals surface area contributed by atoms with Crippen molar-refractivity contribution < 1.29 is 19.4 Å². The van der Waals surface area contributed by atoms with E-state index in [-0.39, 0.29) is 6.42 Å². The van der Waals surface area contributed by atoms with Crippen LogP contribution in [0.1, 0.15) is 30.4 Å². The van der Waals surface area contributed by atoms with E-state index >= 15 is 0 Å². The molecule has 4 heteroatoms. The molecule has 0 aromatic heterocycles. The molecule has 0 unspecified atom stereocenters. The van der Waals surface area contributed by atoms with Crippen LogP contribution in [-0.2, 0) is 4.79 Å². The molecule has 1 aromatic carbocycles. The Hall–Kier alpha value is -1.71. The molecule has 0 bridgehead atoms. The minimum absolute atomic E-state index is 0.188. The van der Waals surface area contributed by atoms with Gasteiger partial charge in [-0.3, -0.25) is 4.79 Å². The standard InChI is InChI=1S/C14H20O4/c1-10-8-12(17-3)13(9-11(10)2)18-7-5-4-6-14(15)16/h8-9H,4-7H2,1-3H3,(H,15,16). The zero-order valence-electron chi connectivity index (χ0n) is 11.2. The lowest BCUT2D eigenvalue weighted by Gasteiger charge is -2.12. The van der Waals surface area contributed by atoms with Gasteiger partial charge in [-0.25, -0.2) is 0 Å². The van der Waals surface area contributed by atoms with E-state index in [4.69, 9.17) is 14.6 Å². The molecule has 100 valence electrons. The maximum absolute atomic E-state index is 10.4. The number of benzene rings is 1.